The second kappa shape index (κ2) is 3.21. The average molecular weight is 157 g/mol. The minimum absolute atomic E-state index is 0.0791. The zero-order chi connectivity index (χ0) is 9.12. The number of rotatable bonds is 2. The quantitative estimate of drug-likeness (QED) is 0.614. The molecule has 0 radical (unpaired) electrons. The molecule has 11 heavy (non-hydrogen) atoms. The summed E-state index contributed by atoms with van der Waals surface area (Å²) < 4.78 is 4.94. The molecule has 0 aliphatic rings. The summed E-state index contributed by atoms with van der Waals surface area (Å²) in [4.78, 5) is 0. The van der Waals surface area contributed by atoms with Gasteiger partial charge in [-0.25, -0.2) is 0 Å². The largest absolute Gasteiger partial charge is 0.365 e. The monoisotopic (exact) mass is 157 g/mol. The summed E-state index contributed by atoms with van der Waals surface area (Å²) in [7, 11) is 0. The maximum Gasteiger partial charge on any atom is 0.168 e. The van der Waals surface area contributed by atoms with Crippen molar-refractivity contribution in [3.05, 3.63) is 0 Å². The van der Waals surface area contributed by atoms with Gasteiger partial charge in [0.25, 0.3) is 0 Å². The van der Waals surface area contributed by atoms with Crippen LogP contribution in [0.15, 0.2) is 0 Å². The molecule has 0 heterocycles. The van der Waals surface area contributed by atoms with Crippen molar-refractivity contribution in [3.8, 4) is 6.07 Å². The molecule has 0 aliphatic heterocycles. The topological polar surface area (TPSA) is 53.2 Å². The lowest BCUT2D eigenvalue weighted by Gasteiger charge is -2.35. The Balaban J connectivity index is 4.13. The second-order valence-electron chi connectivity index (χ2n) is 3.68. The third-order valence-corrected chi connectivity index (χ3v) is 1.81. The van der Waals surface area contributed by atoms with Gasteiger partial charge >= 0.3 is 0 Å². The predicted octanol–water partition coefficient (Wildman–Crippen LogP) is 1.28. The molecule has 64 valence electrons. The van der Waals surface area contributed by atoms with Crippen molar-refractivity contribution in [2.24, 2.45) is 5.41 Å². The lowest BCUT2D eigenvalue weighted by atomic mass is 9.87. The Hall–Kier alpha value is -0.590. The van der Waals surface area contributed by atoms with E-state index in [9.17, 15) is 5.11 Å². The molecule has 0 saturated carbocycles. The molecule has 0 aromatic heterocycles. The molecule has 0 spiro atoms. The second-order valence-corrected chi connectivity index (χ2v) is 3.68. The minimum Gasteiger partial charge on any atom is -0.365 e. The molecule has 0 aromatic rings. The molecule has 1 atom stereocenters. The van der Waals surface area contributed by atoms with Gasteiger partial charge in [-0.1, -0.05) is 20.8 Å². The highest BCUT2D eigenvalue weighted by Crippen LogP contribution is 2.30. The van der Waals surface area contributed by atoms with Crippen LogP contribution >= 0.6 is 0 Å². The number of nitrogens with zero attached hydrogens (tertiary/aromatic N) is 1. The maximum atomic E-state index is 9.61. The fourth-order valence-electron chi connectivity index (χ4n) is 0.389. The summed E-state index contributed by atoms with van der Waals surface area (Å²) in [5.74, 6) is -1.23. The Morgan fingerprint density at radius 3 is 2.09 bits per heavy atom. The predicted molar refractivity (Wildman–Crippen MR) is 41.6 cm³/mol. The normalized spacial score (nSPS) is 17.1. The summed E-state index contributed by atoms with van der Waals surface area (Å²) in [6.45, 7) is 7.04. The third kappa shape index (κ3) is 2.87. The Kier molecular flexibility index (Phi) is 3.03. The fraction of sp³-hybridized carbons (Fsp3) is 0.875. The van der Waals surface area contributed by atoms with Gasteiger partial charge < -0.3 is 9.84 Å². The highest BCUT2D eigenvalue weighted by Gasteiger charge is 2.36. The summed E-state index contributed by atoms with van der Waals surface area (Å²) in [5, 5.41) is 17.8. The molecular formula is C8H15NO2. The lowest BCUT2D eigenvalue weighted by molar-refractivity contribution is -0.241. The van der Waals surface area contributed by atoms with E-state index in [4.69, 9.17) is 10.00 Å². The Bertz CT molecular complexity index is 162. The van der Waals surface area contributed by atoms with Crippen LogP contribution in [0.4, 0.5) is 0 Å². The van der Waals surface area contributed by atoms with Gasteiger partial charge in [0, 0.05) is 5.41 Å². The van der Waals surface area contributed by atoms with Crippen molar-refractivity contribution in [1.82, 2.24) is 0 Å². The average Bonchev–Trinajstić information content (AvgIpc) is 1.81. The molecule has 0 aromatic carbocycles. The molecule has 0 rings (SSSR count). The first-order valence-electron chi connectivity index (χ1n) is 3.54. The van der Waals surface area contributed by atoms with E-state index < -0.39 is 5.79 Å². The van der Waals surface area contributed by atoms with Crippen LogP contribution in [-0.2, 0) is 4.74 Å². The molecule has 1 N–H and O–H groups in total. The Labute approximate surface area is 67.6 Å². The van der Waals surface area contributed by atoms with Crippen molar-refractivity contribution in [3.63, 3.8) is 0 Å². The third-order valence-electron chi connectivity index (χ3n) is 1.81. The van der Waals surface area contributed by atoms with Gasteiger partial charge in [-0.3, -0.25) is 0 Å². The highest BCUT2D eigenvalue weighted by atomic mass is 16.6. The Morgan fingerprint density at radius 2 is 1.82 bits per heavy atom. The Morgan fingerprint density at radius 1 is 1.36 bits per heavy atom. The number of nitriles is 1. The van der Waals surface area contributed by atoms with E-state index in [2.05, 4.69) is 0 Å². The van der Waals surface area contributed by atoms with Crippen LogP contribution in [0.25, 0.3) is 0 Å². The zero-order valence-electron chi connectivity index (χ0n) is 7.51. The van der Waals surface area contributed by atoms with Gasteiger partial charge in [0.05, 0.1) is 6.07 Å². The van der Waals surface area contributed by atoms with E-state index in [0.29, 0.717) is 0 Å². The standard InChI is InChI=1S/C8H15NO2/c1-7(2,3)8(4,10)11-6-5-9/h10H,6H2,1-4H3. The van der Waals surface area contributed by atoms with Gasteiger partial charge in [0.15, 0.2) is 5.79 Å². The van der Waals surface area contributed by atoms with Crippen molar-refractivity contribution in [1.29, 1.82) is 5.26 Å². The number of aliphatic hydroxyl groups is 1. The van der Waals surface area contributed by atoms with E-state index in [-0.39, 0.29) is 12.0 Å². The molecule has 0 fully saturated rings. The summed E-state index contributed by atoms with van der Waals surface area (Å²) >= 11 is 0. The fourth-order valence-corrected chi connectivity index (χ4v) is 0.389. The van der Waals surface area contributed by atoms with Crippen LogP contribution in [0.3, 0.4) is 0 Å². The van der Waals surface area contributed by atoms with Crippen LogP contribution in [0.5, 0.6) is 0 Å². The minimum atomic E-state index is -1.23. The van der Waals surface area contributed by atoms with Crippen LogP contribution < -0.4 is 0 Å². The van der Waals surface area contributed by atoms with Crippen LogP contribution in [0.1, 0.15) is 27.7 Å². The molecule has 0 bridgehead atoms. The molecule has 0 amide bonds. The maximum absolute atomic E-state index is 9.61. The van der Waals surface area contributed by atoms with Crippen molar-refractivity contribution >= 4 is 0 Å². The zero-order valence-corrected chi connectivity index (χ0v) is 7.51. The van der Waals surface area contributed by atoms with Crippen molar-refractivity contribution < 1.29 is 9.84 Å². The van der Waals surface area contributed by atoms with E-state index in [1.807, 2.05) is 26.8 Å². The van der Waals surface area contributed by atoms with Crippen molar-refractivity contribution in [2.75, 3.05) is 6.61 Å². The van der Waals surface area contributed by atoms with E-state index in [1.165, 1.54) is 0 Å². The first-order valence-corrected chi connectivity index (χ1v) is 3.54. The molecular weight excluding hydrogens is 142 g/mol. The smallest absolute Gasteiger partial charge is 0.168 e. The first kappa shape index (κ1) is 10.4. The molecule has 3 heteroatoms. The lowest BCUT2D eigenvalue weighted by Crippen LogP contribution is -2.42. The van der Waals surface area contributed by atoms with Crippen LogP contribution in [-0.4, -0.2) is 17.5 Å². The van der Waals surface area contributed by atoms with E-state index in [0.717, 1.165) is 0 Å². The summed E-state index contributed by atoms with van der Waals surface area (Å²) in [5.41, 5.74) is -0.371. The van der Waals surface area contributed by atoms with Gasteiger partial charge in [-0.15, -0.1) is 0 Å². The number of hydrogen-bond donors (Lipinski definition) is 1. The van der Waals surface area contributed by atoms with Gasteiger partial charge in [-0.2, -0.15) is 5.26 Å². The number of ether oxygens (including phenoxy) is 1. The molecule has 0 saturated heterocycles. The summed E-state index contributed by atoms with van der Waals surface area (Å²) in [6, 6.07) is 1.81. The molecule has 0 aliphatic carbocycles. The van der Waals surface area contributed by atoms with E-state index in [1.54, 1.807) is 6.92 Å². The van der Waals surface area contributed by atoms with Crippen LogP contribution in [0, 0.1) is 16.7 Å². The van der Waals surface area contributed by atoms with Crippen molar-refractivity contribution in [2.45, 2.75) is 33.5 Å². The van der Waals surface area contributed by atoms with E-state index >= 15 is 0 Å². The van der Waals surface area contributed by atoms with Gasteiger partial charge in [0.2, 0.25) is 0 Å². The van der Waals surface area contributed by atoms with Gasteiger partial charge in [-0.05, 0) is 6.92 Å². The molecule has 3 nitrogen and oxygen atoms in total. The highest BCUT2D eigenvalue weighted by molar-refractivity contribution is 4.80. The van der Waals surface area contributed by atoms with Crippen LogP contribution in [0.2, 0.25) is 0 Å². The summed E-state index contributed by atoms with van der Waals surface area (Å²) in [6.07, 6.45) is 0. The van der Waals surface area contributed by atoms with Gasteiger partial charge in [0.1, 0.15) is 6.61 Å². The molecule has 1 unspecified atom stereocenters. The first-order chi connectivity index (χ1) is 4.81. The SMILES string of the molecule is CC(C)(C)C(C)(O)OCC#N. The number of hydrogen-bond acceptors (Lipinski definition) is 3.